The Labute approximate surface area is 176 Å². The largest absolute Gasteiger partial charge is 0.483 e. The van der Waals surface area contributed by atoms with Gasteiger partial charge in [0.25, 0.3) is 0 Å². The van der Waals surface area contributed by atoms with E-state index < -0.39 is 6.10 Å². The molecule has 0 bridgehead atoms. The first kappa shape index (κ1) is 20.3. The predicted molar refractivity (Wildman–Crippen MR) is 113 cm³/mol. The van der Waals surface area contributed by atoms with Gasteiger partial charge in [-0.05, 0) is 30.9 Å². The summed E-state index contributed by atoms with van der Waals surface area (Å²) in [7, 11) is 1.89. The van der Waals surface area contributed by atoms with Gasteiger partial charge >= 0.3 is 0 Å². The summed E-state index contributed by atoms with van der Waals surface area (Å²) in [5, 5.41) is 0. The van der Waals surface area contributed by atoms with Crippen molar-refractivity contribution in [1.29, 1.82) is 0 Å². The second kappa shape index (κ2) is 9.69. The third kappa shape index (κ3) is 4.78. The number of hydrogen-bond acceptors (Lipinski definition) is 5. The Balaban J connectivity index is 1.71. The molecule has 1 aromatic carbocycles. The van der Waals surface area contributed by atoms with Gasteiger partial charge in [-0.15, -0.1) is 0 Å². The quantitative estimate of drug-likeness (QED) is 0.594. The van der Waals surface area contributed by atoms with Crippen LogP contribution in [0.5, 0.6) is 5.75 Å². The number of hydrogen-bond donors (Lipinski definition) is 0. The third-order valence-corrected chi connectivity index (χ3v) is 5.17. The average Bonchev–Trinajstić information content (AvgIpc) is 2.80. The third-order valence-electron chi connectivity index (χ3n) is 5.17. The first-order valence-corrected chi connectivity index (χ1v) is 10.3. The molecule has 0 radical (unpaired) electrons. The highest BCUT2D eigenvalue weighted by molar-refractivity contribution is 5.36. The molecule has 2 atom stereocenters. The molecule has 156 valence electrons. The van der Waals surface area contributed by atoms with Crippen LogP contribution in [0.3, 0.4) is 0 Å². The maximum absolute atomic E-state index is 12.8. The smallest absolute Gasteiger partial charge is 0.223 e. The lowest BCUT2D eigenvalue weighted by Crippen LogP contribution is -2.27. The first-order chi connectivity index (χ1) is 14.7. The van der Waals surface area contributed by atoms with Crippen LogP contribution in [0.4, 0.5) is 0 Å². The Hall–Kier alpha value is -2.96. The van der Waals surface area contributed by atoms with E-state index in [2.05, 4.69) is 4.98 Å². The van der Waals surface area contributed by atoms with Crippen molar-refractivity contribution in [3.63, 3.8) is 0 Å². The molecule has 3 heterocycles. The molecule has 6 nitrogen and oxygen atoms in total. The molecule has 0 spiro atoms. The summed E-state index contributed by atoms with van der Waals surface area (Å²) in [6.45, 7) is 0.974. The summed E-state index contributed by atoms with van der Waals surface area (Å²) < 4.78 is 20.1. The van der Waals surface area contributed by atoms with E-state index in [9.17, 15) is 4.79 Å². The van der Waals surface area contributed by atoms with E-state index in [1.165, 1.54) is 6.07 Å². The molecular weight excluding hydrogens is 380 g/mol. The van der Waals surface area contributed by atoms with Gasteiger partial charge < -0.3 is 18.8 Å². The average molecular weight is 406 g/mol. The van der Waals surface area contributed by atoms with Crippen LogP contribution in [0.1, 0.15) is 42.2 Å². The van der Waals surface area contributed by atoms with Crippen LogP contribution in [0, 0.1) is 0 Å². The van der Waals surface area contributed by atoms with Gasteiger partial charge in [-0.2, -0.15) is 0 Å². The standard InChI is InChI=1S/C24H26N2O4/c1-26-14-12-20(27)24(29-17-18-8-3-2-4-9-18)22(26)23(19-10-7-13-25-16-19)30-21-11-5-6-15-28-21/h2-4,7-10,12-14,16,21,23H,5-6,11,15,17H2,1H3. The topological polar surface area (TPSA) is 62.6 Å². The molecule has 2 aromatic heterocycles. The van der Waals surface area contributed by atoms with Crippen LogP contribution >= 0.6 is 0 Å². The van der Waals surface area contributed by atoms with Crippen LogP contribution < -0.4 is 10.2 Å². The van der Waals surface area contributed by atoms with Crippen molar-refractivity contribution in [3.05, 3.63) is 94.2 Å². The van der Waals surface area contributed by atoms with Gasteiger partial charge in [-0.25, -0.2) is 0 Å². The molecule has 0 saturated carbocycles. The van der Waals surface area contributed by atoms with Crippen LogP contribution in [-0.2, 0) is 23.1 Å². The monoisotopic (exact) mass is 406 g/mol. The number of rotatable bonds is 7. The van der Waals surface area contributed by atoms with Crippen LogP contribution in [-0.4, -0.2) is 22.4 Å². The lowest BCUT2D eigenvalue weighted by atomic mass is 10.1. The number of aromatic nitrogens is 2. The maximum Gasteiger partial charge on any atom is 0.223 e. The fourth-order valence-corrected chi connectivity index (χ4v) is 3.60. The van der Waals surface area contributed by atoms with E-state index in [0.29, 0.717) is 18.9 Å². The molecule has 30 heavy (non-hydrogen) atoms. The highest BCUT2D eigenvalue weighted by Crippen LogP contribution is 2.33. The number of benzene rings is 1. The maximum atomic E-state index is 12.8. The van der Waals surface area contributed by atoms with Crippen molar-refractivity contribution in [3.8, 4) is 5.75 Å². The fourth-order valence-electron chi connectivity index (χ4n) is 3.60. The van der Waals surface area contributed by atoms with E-state index in [1.807, 2.05) is 54.1 Å². The molecule has 1 aliphatic rings. The molecule has 4 rings (SSSR count). The van der Waals surface area contributed by atoms with E-state index in [0.717, 1.165) is 30.4 Å². The predicted octanol–water partition coefficient (Wildman–Crippen LogP) is 3.99. The summed E-state index contributed by atoms with van der Waals surface area (Å²) in [4.78, 5) is 17.1. The summed E-state index contributed by atoms with van der Waals surface area (Å²) in [6, 6.07) is 15.1. The van der Waals surface area contributed by atoms with Crippen molar-refractivity contribution in [2.45, 2.75) is 38.3 Å². The second-order valence-corrected chi connectivity index (χ2v) is 7.38. The molecular formula is C24H26N2O4. The summed E-state index contributed by atoms with van der Waals surface area (Å²) >= 11 is 0. The molecule has 0 N–H and O–H groups in total. The summed E-state index contributed by atoms with van der Waals surface area (Å²) in [5.74, 6) is 0.286. The van der Waals surface area contributed by atoms with Crippen molar-refractivity contribution in [2.24, 2.45) is 7.05 Å². The highest BCUT2D eigenvalue weighted by atomic mass is 16.7. The Kier molecular flexibility index (Phi) is 6.57. The zero-order chi connectivity index (χ0) is 20.8. The Morgan fingerprint density at radius 2 is 2.03 bits per heavy atom. The Morgan fingerprint density at radius 3 is 2.77 bits per heavy atom. The molecule has 6 heteroatoms. The van der Waals surface area contributed by atoms with E-state index in [4.69, 9.17) is 14.2 Å². The lowest BCUT2D eigenvalue weighted by Gasteiger charge is -2.30. The van der Waals surface area contributed by atoms with Gasteiger partial charge in [0, 0.05) is 43.9 Å². The molecule has 0 aliphatic carbocycles. The van der Waals surface area contributed by atoms with Gasteiger partial charge in [0.15, 0.2) is 12.0 Å². The van der Waals surface area contributed by atoms with Gasteiger partial charge in [-0.3, -0.25) is 9.78 Å². The van der Waals surface area contributed by atoms with Crippen LogP contribution in [0.15, 0.2) is 71.9 Å². The number of ether oxygens (including phenoxy) is 3. The lowest BCUT2D eigenvalue weighted by molar-refractivity contribution is -0.182. The van der Waals surface area contributed by atoms with Crippen LogP contribution in [0.2, 0.25) is 0 Å². The normalized spacial score (nSPS) is 17.4. The highest BCUT2D eigenvalue weighted by Gasteiger charge is 2.28. The van der Waals surface area contributed by atoms with E-state index in [1.54, 1.807) is 18.6 Å². The van der Waals surface area contributed by atoms with Crippen molar-refractivity contribution in [1.82, 2.24) is 9.55 Å². The number of nitrogens with zero attached hydrogens (tertiary/aromatic N) is 2. The minimum atomic E-state index is -0.536. The first-order valence-electron chi connectivity index (χ1n) is 10.3. The number of aryl methyl sites for hydroxylation is 1. The van der Waals surface area contributed by atoms with Crippen molar-refractivity contribution < 1.29 is 14.2 Å². The van der Waals surface area contributed by atoms with Crippen molar-refractivity contribution in [2.75, 3.05) is 6.61 Å². The van der Waals surface area contributed by atoms with Gasteiger partial charge in [0.05, 0.1) is 5.69 Å². The zero-order valence-corrected chi connectivity index (χ0v) is 17.1. The summed E-state index contributed by atoms with van der Waals surface area (Å²) in [5.41, 5.74) is 2.31. The zero-order valence-electron chi connectivity index (χ0n) is 17.1. The summed E-state index contributed by atoms with van der Waals surface area (Å²) in [6.07, 6.45) is 7.25. The minimum absolute atomic E-state index is 0.180. The van der Waals surface area contributed by atoms with Crippen molar-refractivity contribution >= 4 is 0 Å². The molecule has 2 unspecified atom stereocenters. The second-order valence-electron chi connectivity index (χ2n) is 7.38. The Bertz CT molecular complexity index is 999. The number of pyridine rings is 2. The molecule has 1 saturated heterocycles. The van der Waals surface area contributed by atoms with Gasteiger partial charge in [0.2, 0.25) is 5.43 Å². The molecule has 3 aromatic rings. The molecule has 1 aliphatic heterocycles. The Morgan fingerprint density at radius 1 is 1.17 bits per heavy atom. The molecule has 1 fully saturated rings. The van der Waals surface area contributed by atoms with Crippen LogP contribution in [0.25, 0.3) is 0 Å². The van der Waals surface area contributed by atoms with Gasteiger partial charge in [0.1, 0.15) is 12.7 Å². The SMILES string of the molecule is Cn1ccc(=O)c(OCc2ccccc2)c1C(OC1CCCCO1)c1cccnc1. The van der Waals surface area contributed by atoms with E-state index in [-0.39, 0.29) is 17.5 Å². The van der Waals surface area contributed by atoms with E-state index >= 15 is 0 Å². The minimum Gasteiger partial charge on any atom is -0.483 e. The molecule has 0 amide bonds. The van der Waals surface area contributed by atoms with Gasteiger partial charge in [-0.1, -0.05) is 36.4 Å². The fraction of sp³-hybridized carbons (Fsp3) is 0.333.